The Bertz CT molecular complexity index is 1150. The van der Waals surface area contributed by atoms with Crippen molar-refractivity contribution in [3.8, 4) is 0 Å². The number of hydrogen-bond acceptors (Lipinski definition) is 1. The van der Waals surface area contributed by atoms with Crippen molar-refractivity contribution in [3.05, 3.63) is 73.7 Å². The van der Waals surface area contributed by atoms with Crippen LogP contribution in [0, 0.1) is 0 Å². The number of benzene rings is 2. The topological polar surface area (TPSA) is 20.3 Å². The molecule has 36 heavy (non-hydrogen) atoms. The van der Waals surface area contributed by atoms with Crippen LogP contribution in [0.3, 0.4) is 0 Å². The summed E-state index contributed by atoms with van der Waals surface area (Å²) < 4.78 is 134. The summed E-state index contributed by atoms with van der Waals surface area (Å²) in [6, 6.07) is 2.42. The first-order valence-electron chi connectivity index (χ1n) is 9.34. The number of carbonyl (C=O) groups excluding carboxylic acids is 1. The third-order valence-electron chi connectivity index (χ3n) is 4.63. The summed E-state index contributed by atoms with van der Waals surface area (Å²) in [6.45, 7) is -1.88. The first kappa shape index (κ1) is 30.0. The number of allylic oxidation sites excluding steroid dienone is 1. The molecule has 0 bridgehead atoms. The molecule has 1 unspecified atom stereocenters. The van der Waals surface area contributed by atoms with E-state index in [1.54, 1.807) is 0 Å². The van der Waals surface area contributed by atoms with Gasteiger partial charge >= 0.3 is 18.5 Å². The fourth-order valence-corrected chi connectivity index (χ4v) is 3.65. The number of amides is 1. The monoisotopic (exact) mass is 589 g/mol. The standard InChI is InChI=1S/C21H12Cl3F10NO/c1-35(8-19(26,27)28)18(36)11-3-2-9(4-13(11)21(32,33)34)16(25)7-12(20(29,30)31)10-5-14(22)17(24)15(23)6-10/h2-7,12H,8H2,1H3/b16-7-. The van der Waals surface area contributed by atoms with E-state index in [1.807, 2.05) is 0 Å². The van der Waals surface area contributed by atoms with Crippen LogP contribution >= 0.6 is 34.8 Å². The van der Waals surface area contributed by atoms with Gasteiger partial charge in [0, 0.05) is 12.6 Å². The van der Waals surface area contributed by atoms with E-state index in [0.29, 0.717) is 19.2 Å². The molecule has 2 nitrogen and oxygen atoms in total. The minimum atomic E-state index is -5.36. The molecule has 0 aliphatic carbocycles. The zero-order valence-corrected chi connectivity index (χ0v) is 19.8. The van der Waals surface area contributed by atoms with Gasteiger partial charge in [0.15, 0.2) is 0 Å². The van der Waals surface area contributed by atoms with Crippen LogP contribution in [0.15, 0.2) is 36.4 Å². The summed E-state index contributed by atoms with van der Waals surface area (Å²) in [6.07, 6.45) is -15.5. The Kier molecular flexibility index (Phi) is 8.90. The SMILES string of the molecule is CN(CC(F)(F)F)C(=O)c1ccc(/C(F)=C/C(c2cc(Cl)c(Cl)c(Cl)c2)C(F)(F)F)cc1C(F)(F)F. The molecule has 2 aromatic rings. The lowest BCUT2D eigenvalue weighted by atomic mass is 9.95. The normalized spacial score (nSPS) is 14.1. The van der Waals surface area contributed by atoms with E-state index < -0.39 is 75.0 Å². The second kappa shape index (κ2) is 10.7. The van der Waals surface area contributed by atoms with Gasteiger partial charge in [-0.2, -0.15) is 39.5 Å². The van der Waals surface area contributed by atoms with Crippen molar-refractivity contribution in [1.82, 2.24) is 4.90 Å². The summed E-state index contributed by atoms with van der Waals surface area (Å²) in [5, 5.41) is -1.07. The van der Waals surface area contributed by atoms with Crippen molar-refractivity contribution < 1.29 is 48.7 Å². The molecule has 1 atom stereocenters. The Balaban J connectivity index is 2.59. The molecule has 0 radical (unpaired) electrons. The molecule has 0 heterocycles. The molecule has 15 heteroatoms. The van der Waals surface area contributed by atoms with Gasteiger partial charge in [0.25, 0.3) is 5.91 Å². The third kappa shape index (κ3) is 7.42. The van der Waals surface area contributed by atoms with Crippen LogP contribution in [0.25, 0.3) is 5.83 Å². The van der Waals surface area contributed by atoms with E-state index in [4.69, 9.17) is 34.8 Å². The molecule has 2 rings (SSSR count). The Morgan fingerprint density at radius 3 is 1.92 bits per heavy atom. The lowest BCUT2D eigenvalue weighted by Gasteiger charge is -2.22. The number of rotatable bonds is 5. The van der Waals surface area contributed by atoms with Gasteiger partial charge in [-0.25, -0.2) is 4.39 Å². The average molecular weight is 591 g/mol. The Hall–Kier alpha value is -2.18. The number of alkyl halides is 9. The summed E-state index contributed by atoms with van der Waals surface area (Å²) in [5.41, 5.74) is -4.79. The van der Waals surface area contributed by atoms with Crippen molar-refractivity contribution in [2.24, 2.45) is 0 Å². The minimum absolute atomic E-state index is 0.0236. The fraction of sp³-hybridized carbons (Fsp3) is 0.286. The van der Waals surface area contributed by atoms with Gasteiger partial charge in [-0.1, -0.05) is 40.9 Å². The molecule has 2 aromatic carbocycles. The molecule has 0 fully saturated rings. The smallest absolute Gasteiger partial charge is 0.333 e. The number of hydrogen-bond donors (Lipinski definition) is 0. The summed E-state index contributed by atoms with van der Waals surface area (Å²) in [5.74, 6) is -6.18. The van der Waals surface area contributed by atoms with Crippen LogP contribution in [0.5, 0.6) is 0 Å². The highest BCUT2D eigenvalue weighted by Gasteiger charge is 2.41. The van der Waals surface area contributed by atoms with E-state index in [0.717, 1.165) is 12.1 Å². The lowest BCUT2D eigenvalue weighted by molar-refractivity contribution is -0.140. The maximum absolute atomic E-state index is 14.8. The molecule has 1 amide bonds. The van der Waals surface area contributed by atoms with Crippen molar-refractivity contribution in [1.29, 1.82) is 0 Å². The maximum Gasteiger partial charge on any atom is 0.417 e. The molecule has 0 saturated carbocycles. The maximum atomic E-state index is 14.8. The molecular weight excluding hydrogens is 579 g/mol. The molecule has 0 saturated heterocycles. The molecule has 0 aliphatic rings. The Morgan fingerprint density at radius 1 is 0.944 bits per heavy atom. The summed E-state index contributed by atoms with van der Waals surface area (Å²) in [7, 11) is 0.598. The predicted octanol–water partition coefficient (Wildman–Crippen LogP) is 8.96. The van der Waals surface area contributed by atoms with Crippen LogP contribution in [0.4, 0.5) is 43.9 Å². The molecule has 0 aliphatic heterocycles. The van der Waals surface area contributed by atoms with Gasteiger partial charge in [-0.05, 0) is 35.9 Å². The third-order valence-corrected chi connectivity index (χ3v) is 5.82. The Morgan fingerprint density at radius 2 is 1.47 bits per heavy atom. The second-order valence-electron chi connectivity index (χ2n) is 7.37. The highest BCUT2D eigenvalue weighted by atomic mass is 35.5. The van der Waals surface area contributed by atoms with Crippen LogP contribution < -0.4 is 0 Å². The van der Waals surface area contributed by atoms with E-state index in [9.17, 15) is 48.7 Å². The van der Waals surface area contributed by atoms with Crippen LogP contribution in [-0.2, 0) is 6.18 Å². The summed E-state index contributed by atoms with van der Waals surface area (Å²) >= 11 is 17.1. The van der Waals surface area contributed by atoms with Gasteiger partial charge < -0.3 is 4.90 Å². The van der Waals surface area contributed by atoms with Crippen molar-refractivity contribution >= 4 is 46.5 Å². The van der Waals surface area contributed by atoms with E-state index >= 15 is 0 Å². The van der Waals surface area contributed by atoms with Crippen molar-refractivity contribution in [2.75, 3.05) is 13.6 Å². The predicted molar refractivity (Wildman–Crippen MR) is 114 cm³/mol. The van der Waals surface area contributed by atoms with Gasteiger partial charge in [0.2, 0.25) is 0 Å². The molecule has 0 N–H and O–H groups in total. The molecular formula is C21H12Cl3F10NO. The lowest BCUT2D eigenvalue weighted by Crippen LogP contribution is -2.36. The van der Waals surface area contributed by atoms with E-state index in [1.165, 1.54) is 0 Å². The average Bonchev–Trinajstić information content (AvgIpc) is 2.71. The molecule has 198 valence electrons. The second-order valence-corrected chi connectivity index (χ2v) is 8.56. The highest BCUT2D eigenvalue weighted by Crippen LogP contribution is 2.43. The largest absolute Gasteiger partial charge is 0.417 e. The van der Waals surface area contributed by atoms with Gasteiger partial charge in [-0.3, -0.25) is 4.79 Å². The Labute approximate surface area is 212 Å². The van der Waals surface area contributed by atoms with Gasteiger partial charge in [0.05, 0.1) is 26.2 Å². The number of carbonyl (C=O) groups is 1. The van der Waals surface area contributed by atoms with Crippen molar-refractivity contribution in [2.45, 2.75) is 24.4 Å². The fourth-order valence-electron chi connectivity index (χ4n) is 3.04. The highest BCUT2D eigenvalue weighted by molar-refractivity contribution is 6.48. The van der Waals surface area contributed by atoms with Crippen LogP contribution in [0.2, 0.25) is 15.1 Å². The van der Waals surface area contributed by atoms with Gasteiger partial charge in [0.1, 0.15) is 18.3 Å². The van der Waals surface area contributed by atoms with Crippen LogP contribution in [0.1, 0.15) is 33.0 Å². The molecule has 0 aromatic heterocycles. The zero-order chi connectivity index (χ0) is 27.8. The van der Waals surface area contributed by atoms with E-state index in [2.05, 4.69) is 0 Å². The van der Waals surface area contributed by atoms with E-state index in [-0.39, 0.29) is 22.1 Å². The first-order chi connectivity index (χ1) is 16.2. The summed E-state index contributed by atoms with van der Waals surface area (Å²) in [4.78, 5) is 12.2. The van der Waals surface area contributed by atoms with Crippen molar-refractivity contribution in [3.63, 3.8) is 0 Å². The van der Waals surface area contributed by atoms with Gasteiger partial charge in [-0.15, -0.1) is 0 Å². The molecule has 0 spiro atoms. The number of nitrogens with zero attached hydrogens (tertiary/aromatic N) is 1. The van der Waals surface area contributed by atoms with Crippen LogP contribution in [-0.4, -0.2) is 36.8 Å². The number of halogens is 13. The zero-order valence-electron chi connectivity index (χ0n) is 17.5. The minimum Gasteiger partial charge on any atom is -0.333 e. The quantitative estimate of drug-likeness (QED) is 0.252. The first-order valence-corrected chi connectivity index (χ1v) is 10.5.